The average molecular weight is 1020 g/mol. The Hall–Kier alpha value is -6.21. The molecule has 5 N–H and O–H groups in total. The molecule has 0 aliphatic carbocycles. The minimum absolute atomic E-state index is 0.0154. The molecule has 2 aromatic heterocycles. The molecular formula is C55H65N5O10S2. The summed E-state index contributed by atoms with van der Waals surface area (Å²) in [6.45, 7) is 15.2. The molecular weight excluding hydrogens is 955 g/mol. The summed E-state index contributed by atoms with van der Waals surface area (Å²) in [5, 5.41) is 37.3. The number of rotatable bonds is 23. The summed E-state index contributed by atoms with van der Waals surface area (Å²) in [7, 11) is 0. The van der Waals surface area contributed by atoms with E-state index in [0.717, 1.165) is 48.8 Å². The number of phenols is 2. The van der Waals surface area contributed by atoms with Gasteiger partial charge < -0.3 is 45.1 Å². The number of likely N-dealkylation sites (N-methyl/N-ethyl adjacent to an activating group) is 1. The lowest BCUT2D eigenvalue weighted by Gasteiger charge is -2.35. The number of thiophene rings is 1. The Kier molecular flexibility index (Phi) is 18.2. The summed E-state index contributed by atoms with van der Waals surface area (Å²) in [5.41, 5.74) is 5.86. The van der Waals surface area contributed by atoms with Crippen molar-refractivity contribution < 1.29 is 48.7 Å². The maximum atomic E-state index is 14.1. The van der Waals surface area contributed by atoms with Crippen molar-refractivity contribution >= 4 is 56.3 Å². The molecule has 1 aliphatic rings. The fraction of sp³-hybridized carbons (Fsp3) is 0.400. The minimum atomic E-state index is -0.943. The monoisotopic (exact) mass is 1020 g/mol. The SMILES string of the molecule is CCN(CCOCCOCCC(=O)NC(C(=O)N1CC(O)CC1C(=O)NC(C)c1ccc(-c2scnc2C)cc1)C(C)(C)C)CCOc1ccc(C(=O)c2c(-c3ccc(O)cc3)sc3cc(O)ccc23)cc1. The maximum absolute atomic E-state index is 14.1. The first-order chi connectivity index (χ1) is 34.5. The van der Waals surface area contributed by atoms with Gasteiger partial charge in [-0.3, -0.25) is 24.1 Å². The van der Waals surface area contributed by atoms with E-state index in [1.165, 1.54) is 16.2 Å². The van der Waals surface area contributed by atoms with Crippen LogP contribution in [0.1, 0.15) is 80.7 Å². The number of phenolic OH excluding ortho intramolecular Hbond substituents is 2. The summed E-state index contributed by atoms with van der Waals surface area (Å²) in [6, 6.07) is 24.5. The van der Waals surface area contributed by atoms with E-state index in [1.54, 1.807) is 78.1 Å². The summed E-state index contributed by atoms with van der Waals surface area (Å²) in [4.78, 5) is 64.6. The number of benzene rings is 4. The van der Waals surface area contributed by atoms with Crippen molar-refractivity contribution in [2.75, 3.05) is 59.2 Å². The smallest absolute Gasteiger partial charge is 0.246 e. The Morgan fingerprint density at radius 2 is 1.49 bits per heavy atom. The van der Waals surface area contributed by atoms with Crippen LogP contribution in [0.15, 0.2) is 96.5 Å². The van der Waals surface area contributed by atoms with Gasteiger partial charge in [0.1, 0.15) is 35.9 Å². The number of likely N-dealkylation sites (tertiary alicyclic amines) is 1. The van der Waals surface area contributed by atoms with E-state index in [1.807, 2.05) is 64.4 Å². The van der Waals surface area contributed by atoms with Crippen LogP contribution in [0.4, 0.5) is 0 Å². The molecule has 4 atom stereocenters. The molecule has 0 radical (unpaired) electrons. The molecule has 0 saturated carbocycles. The minimum Gasteiger partial charge on any atom is -0.508 e. The number of carbonyl (C=O) groups is 4. The number of hydrogen-bond donors (Lipinski definition) is 5. The number of hydrogen-bond acceptors (Lipinski definition) is 14. The van der Waals surface area contributed by atoms with E-state index in [9.17, 15) is 34.5 Å². The number of amides is 3. The van der Waals surface area contributed by atoms with Crippen molar-refractivity contribution in [1.29, 1.82) is 0 Å². The van der Waals surface area contributed by atoms with E-state index in [2.05, 4.69) is 27.4 Å². The largest absolute Gasteiger partial charge is 0.508 e. The number of nitrogens with zero attached hydrogens (tertiary/aromatic N) is 3. The molecule has 6 aromatic rings. The number of aliphatic hydroxyl groups excluding tert-OH is 1. The fourth-order valence-corrected chi connectivity index (χ4v) is 10.7. The average Bonchev–Trinajstić information content (AvgIpc) is 4.09. The highest BCUT2D eigenvalue weighted by atomic mass is 32.1. The molecule has 3 heterocycles. The molecule has 4 unspecified atom stereocenters. The van der Waals surface area contributed by atoms with E-state index >= 15 is 0 Å². The highest BCUT2D eigenvalue weighted by Crippen LogP contribution is 2.42. The van der Waals surface area contributed by atoms with E-state index in [-0.39, 0.29) is 67.7 Å². The highest BCUT2D eigenvalue weighted by molar-refractivity contribution is 7.22. The molecule has 72 heavy (non-hydrogen) atoms. The van der Waals surface area contributed by atoms with Crippen molar-refractivity contribution in [3.8, 4) is 38.1 Å². The third kappa shape index (κ3) is 13.6. The van der Waals surface area contributed by atoms with Gasteiger partial charge in [0.15, 0.2) is 5.78 Å². The van der Waals surface area contributed by atoms with E-state index < -0.39 is 29.5 Å². The predicted octanol–water partition coefficient (Wildman–Crippen LogP) is 8.14. The lowest BCUT2D eigenvalue weighted by Crippen LogP contribution is -2.58. The number of aromatic nitrogens is 1. The quantitative estimate of drug-likeness (QED) is 0.0305. The summed E-state index contributed by atoms with van der Waals surface area (Å²) >= 11 is 2.99. The topological polar surface area (TPSA) is 200 Å². The van der Waals surface area contributed by atoms with Gasteiger partial charge in [-0.2, -0.15) is 0 Å². The number of carbonyl (C=O) groups excluding carboxylic acids is 4. The lowest BCUT2D eigenvalue weighted by atomic mass is 9.85. The molecule has 382 valence electrons. The van der Waals surface area contributed by atoms with Crippen LogP contribution in [0.3, 0.4) is 0 Å². The van der Waals surface area contributed by atoms with Crippen molar-refractivity contribution in [2.45, 2.75) is 78.6 Å². The first-order valence-corrected chi connectivity index (χ1v) is 26.0. The Labute approximate surface area is 428 Å². The number of aliphatic hydroxyl groups is 1. The van der Waals surface area contributed by atoms with Gasteiger partial charge in [0.2, 0.25) is 17.7 Å². The van der Waals surface area contributed by atoms with Gasteiger partial charge in [-0.25, -0.2) is 4.98 Å². The van der Waals surface area contributed by atoms with Crippen LogP contribution in [0.2, 0.25) is 0 Å². The Morgan fingerprint density at radius 3 is 2.15 bits per heavy atom. The standard InChI is InChI=1S/C55H65N5O10S2/c1-7-59(24-27-70-43-19-14-37(15-20-43)49(65)48-44-21-18-41(62)31-46(44)72-51(48)39-12-16-40(61)17-13-39)23-26-69-29-28-68-25-22-47(64)58-52(55(4,5)6)54(67)60-32-42(63)30-45(60)53(66)57-34(2)36-8-10-38(11-9-36)50-35(3)56-33-71-50/h8-21,31,33-34,42,45,52,61-63H,7,22-30,32H2,1-6H3,(H,57,66)(H,58,64). The van der Waals surface area contributed by atoms with Crippen LogP contribution in [-0.2, 0) is 23.9 Å². The molecule has 0 bridgehead atoms. The summed E-state index contributed by atoms with van der Waals surface area (Å²) < 4.78 is 18.3. The number of β-amino-alcohol motifs (C(OH)–C–C–N with tert-alkyl or cyclic N) is 1. The van der Waals surface area contributed by atoms with Crippen molar-refractivity contribution in [3.05, 3.63) is 119 Å². The molecule has 7 rings (SSSR count). The summed E-state index contributed by atoms with van der Waals surface area (Å²) in [6.07, 6.45) is -0.763. The number of fused-ring (bicyclic) bond motifs is 1. The van der Waals surface area contributed by atoms with Gasteiger partial charge in [0.25, 0.3) is 0 Å². The van der Waals surface area contributed by atoms with E-state index in [4.69, 9.17) is 14.2 Å². The molecule has 4 aromatic carbocycles. The van der Waals surface area contributed by atoms with Crippen molar-refractivity contribution in [3.63, 3.8) is 0 Å². The fourth-order valence-electron chi connectivity index (χ4n) is 8.62. The van der Waals surface area contributed by atoms with Crippen LogP contribution in [-0.4, -0.2) is 131 Å². The van der Waals surface area contributed by atoms with Crippen molar-refractivity contribution in [1.82, 2.24) is 25.4 Å². The second kappa shape index (κ2) is 24.5. The molecule has 1 fully saturated rings. The lowest BCUT2D eigenvalue weighted by molar-refractivity contribution is -0.144. The highest BCUT2D eigenvalue weighted by Gasteiger charge is 2.44. The number of ketones is 1. The predicted molar refractivity (Wildman–Crippen MR) is 281 cm³/mol. The van der Waals surface area contributed by atoms with Crippen LogP contribution in [0.25, 0.3) is 31.0 Å². The van der Waals surface area contributed by atoms with Crippen LogP contribution >= 0.6 is 22.7 Å². The maximum Gasteiger partial charge on any atom is 0.246 e. The zero-order chi connectivity index (χ0) is 51.5. The molecule has 15 nitrogen and oxygen atoms in total. The van der Waals surface area contributed by atoms with Gasteiger partial charge in [-0.15, -0.1) is 22.7 Å². The molecule has 3 amide bonds. The zero-order valence-electron chi connectivity index (χ0n) is 41.7. The first-order valence-electron chi connectivity index (χ1n) is 24.3. The third-order valence-electron chi connectivity index (χ3n) is 12.7. The number of aromatic hydroxyl groups is 2. The first kappa shape index (κ1) is 53.6. The molecule has 0 spiro atoms. The Bertz CT molecular complexity index is 2790. The van der Waals surface area contributed by atoms with Gasteiger partial charge in [-0.1, -0.05) is 52.0 Å². The molecule has 17 heteroatoms. The molecule has 1 saturated heterocycles. The molecule has 1 aliphatic heterocycles. The van der Waals surface area contributed by atoms with Gasteiger partial charge >= 0.3 is 0 Å². The van der Waals surface area contributed by atoms with Gasteiger partial charge in [0.05, 0.1) is 54.7 Å². The zero-order valence-corrected chi connectivity index (χ0v) is 43.3. The van der Waals surface area contributed by atoms with Crippen LogP contribution < -0.4 is 15.4 Å². The Morgan fingerprint density at radius 1 is 0.833 bits per heavy atom. The van der Waals surface area contributed by atoms with Gasteiger partial charge in [-0.05, 0) is 109 Å². The van der Waals surface area contributed by atoms with Crippen LogP contribution in [0.5, 0.6) is 17.2 Å². The Balaban J connectivity index is 0.797. The number of ether oxygens (including phenoxy) is 3. The number of nitrogens with one attached hydrogen (secondary N) is 2. The third-order valence-corrected chi connectivity index (χ3v) is 14.9. The van der Waals surface area contributed by atoms with Gasteiger partial charge in [0, 0.05) is 58.6 Å². The summed E-state index contributed by atoms with van der Waals surface area (Å²) in [5.74, 6) is -0.428. The number of aryl methyl sites for hydroxylation is 1. The van der Waals surface area contributed by atoms with Crippen molar-refractivity contribution in [2.24, 2.45) is 5.41 Å². The number of thiazole rings is 1. The normalized spacial score (nSPS) is 15.7. The van der Waals surface area contributed by atoms with Crippen LogP contribution in [0, 0.1) is 12.3 Å². The second-order valence-corrected chi connectivity index (χ2v) is 20.9. The second-order valence-electron chi connectivity index (χ2n) is 19.0. The van der Waals surface area contributed by atoms with E-state index in [0.29, 0.717) is 49.8 Å².